The van der Waals surface area contributed by atoms with Crippen molar-refractivity contribution in [3.63, 3.8) is 0 Å². The summed E-state index contributed by atoms with van der Waals surface area (Å²) in [5, 5.41) is 4.60. The number of hydrogen-bond acceptors (Lipinski definition) is 6. The number of esters is 1. The molecule has 0 heterocycles. The van der Waals surface area contributed by atoms with E-state index in [4.69, 9.17) is 14.2 Å². The van der Waals surface area contributed by atoms with Gasteiger partial charge in [-0.3, -0.25) is 10.1 Å². The van der Waals surface area contributed by atoms with E-state index in [1.165, 1.54) is 0 Å². The van der Waals surface area contributed by atoms with E-state index in [0.29, 0.717) is 11.5 Å². The van der Waals surface area contributed by atoms with Gasteiger partial charge in [-0.1, -0.05) is 30.3 Å². The van der Waals surface area contributed by atoms with Crippen LogP contribution < -0.4 is 20.1 Å². The summed E-state index contributed by atoms with van der Waals surface area (Å²) < 4.78 is 15.0. The van der Waals surface area contributed by atoms with Gasteiger partial charge in [-0.25, -0.2) is 9.59 Å². The average Bonchev–Trinajstić information content (AvgIpc) is 2.70. The summed E-state index contributed by atoms with van der Waals surface area (Å²) in [7, 11) is 1.54. The number of carbonyl (C=O) groups is 3. The maximum absolute atomic E-state index is 11.6. The van der Waals surface area contributed by atoms with E-state index in [1.807, 2.05) is 30.3 Å². The first kappa shape index (κ1) is 19.8. The van der Waals surface area contributed by atoms with Gasteiger partial charge in [-0.05, 0) is 29.8 Å². The van der Waals surface area contributed by atoms with Gasteiger partial charge in [0.2, 0.25) is 0 Å². The lowest BCUT2D eigenvalue weighted by molar-refractivity contribution is -0.150. The Morgan fingerprint density at radius 1 is 0.889 bits per heavy atom. The summed E-state index contributed by atoms with van der Waals surface area (Å²) in [5.74, 6) is -0.353. The van der Waals surface area contributed by atoms with Gasteiger partial charge < -0.3 is 19.5 Å². The minimum Gasteiger partial charge on any atom is -0.497 e. The molecule has 0 aliphatic carbocycles. The van der Waals surface area contributed by atoms with Crippen molar-refractivity contribution >= 4 is 17.9 Å². The van der Waals surface area contributed by atoms with Gasteiger partial charge in [0, 0.05) is 6.54 Å². The number of hydrogen-bond donors (Lipinski definition) is 2. The fourth-order valence-corrected chi connectivity index (χ4v) is 1.99. The van der Waals surface area contributed by atoms with Crippen molar-refractivity contribution in [1.29, 1.82) is 0 Å². The van der Waals surface area contributed by atoms with Crippen LogP contribution in [0.1, 0.15) is 5.56 Å². The molecule has 0 spiro atoms. The van der Waals surface area contributed by atoms with Crippen molar-refractivity contribution in [2.45, 2.75) is 6.54 Å². The fourth-order valence-electron chi connectivity index (χ4n) is 1.99. The molecule has 2 N–H and O–H groups in total. The van der Waals surface area contributed by atoms with E-state index in [-0.39, 0.29) is 13.2 Å². The SMILES string of the molecule is COc1ccc(OCC(=O)OCC(=O)NC(=O)NCc2ccccc2)cc1. The van der Waals surface area contributed by atoms with Gasteiger partial charge in [-0.2, -0.15) is 0 Å². The molecule has 0 atom stereocenters. The summed E-state index contributed by atoms with van der Waals surface area (Å²) in [4.78, 5) is 34.8. The number of carbonyl (C=O) groups excluding carboxylic acids is 3. The molecule has 2 aromatic carbocycles. The highest BCUT2D eigenvalue weighted by Crippen LogP contribution is 2.16. The normalized spacial score (nSPS) is 9.81. The number of nitrogens with one attached hydrogen (secondary N) is 2. The van der Waals surface area contributed by atoms with Crippen LogP contribution in [0, 0.1) is 0 Å². The summed E-state index contributed by atoms with van der Waals surface area (Å²) in [5.41, 5.74) is 0.891. The number of imide groups is 1. The molecule has 8 heteroatoms. The van der Waals surface area contributed by atoms with Gasteiger partial charge in [-0.15, -0.1) is 0 Å². The number of rotatable bonds is 8. The molecule has 0 aliphatic heterocycles. The molecule has 0 saturated carbocycles. The van der Waals surface area contributed by atoms with E-state index in [0.717, 1.165) is 5.56 Å². The van der Waals surface area contributed by atoms with E-state index in [2.05, 4.69) is 10.6 Å². The summed E-state index contributed by atoms with van der Waals surface area (Å²) in [6.45, 7) is -0.668. The largest absolute Gasteiger partial charge is 0.497 e. The molecule has 8 nitrogen and oxygen atoms in total. The highest BCUT2D eigenvalue weighted by atomic mass is 16.6. The number of urea groups is 1. The second-order valence-corrected chi connectivity index (χ2v) is 5.34. The van der Waals surface area contributed by atoms with Crippen LogP contribution in [0.2, 0.25) is 0 Å². The molecule has 0 unspecified atom stereocenters. The van der Waals surface area contributed by atoms with Crippen LogP contribution in [0.3, 0.4) is 0 Å². The predicted molar refractivity (Wildman–Crippen MR) is 96.3 cm³/mol. The lowest BCUT2D eigenvalue weighted by Crippen LogP contribution is -2.41. The first-order chi connectivity index (χ1) is 13.1. The molecule has 0 bridgehead atoms. The van der Waals surface area contributed by atoms with Gasteiger partial charge in [0.1, 0.15) is 11.5 Å². The zero-order chi connectivity index (χ0) is 19.5. The van der Waals surface area contributed by atoms with Crippen LogP contribution in [0.5, 0.6) is 11.5 Å². The molecule has 2 aromatic rings. The third-order valence-electron chi connectivity index (χ3n) is 3.33. The van der Waals surface area contributed by atoms with Gasteiger partial charge >= 0.3 is 12.0 Å². The molecule has 0 aliphatic rings. The molecule has 2 rings (SSSR count). The molecular formula is C19H20N2O6. The topological polar surface area (TPSA) is 103 Å². The summed E-state index contributed by atoms with van der Waals surface area (Å²) in [6.07, 6.45) is 0. The second-order valence-electron chi connectivity index (χ2n) is 5.34. The Balaban J connectivity index is 1.62. The maximum atomic E-state index is 11.6. The quantitative estimate of drug-likeness (QED) is 0.683. The Kier molecular flexibility index (Phi) is 7.65. The molecule has 142 valence electrons. The summed E-state index contributed by atoms with van der Waals surface area (Å²) in [6, 6.07) is 15.2. The zero-order valence-electron chi connectivity index (χ0n) is 14.8. The smallest absolute Gasteiger partial charge is 0.344 e. The Hall–Kier alpha value is -3.55. The van der Waals surface area contributed by atoms with Gasteiger partial charge in [0.05, 0.1) is 7.11 Å². The van der Waals surface area contributed by atoms with Gasteiger partial charge in [0.25, 0.3) is 5.91 Å². The van der Waals surface area contributed by atoms with Crippen LogP contribution in [0.15, 0.2) is 54.6 Å². The van der Waals surface area contributed by atoms with E-state index < -0.39 is 24.5 Å². The number of methoxy groups -OCH3 is 1. The van der Waals surface area contributed by atoms with Crippen LogP contribution in [0.25, 0.3) is 0 Å². The molecule has 3 amide bonds. The number of amides is 3. The molecule has 0 radical (unpaired) electrons. The standard InChI is InChI=1S/C19H20N2O6/c1-25-15-7-9-16(10-8-15)26-13-18(23)27-12-17(22)21-19(24)20-11-14-5-3-2-4-6-14/h2-10H,11-13H2,1H3,(H2,20,21,22,24). The molecule has 0 saturated heterocycles. The lowest BCUT2D eigenvalue weighted by Gasteiger charge is -2.09. The van der Waals surface area contributed by atoms with Crippen molar-refractivity contribution in [2.24, 2.45) is 0 Å². The fraction of sp³-hybridized carbons (Fsp3) is 0.211. The van der Waals surface area contributed by atoms with E-state index in [9.17, 15) is 14.4 Å². The van der Waals surface area contributed by atoms with Crippen LogP contribution in [-0.4, -0.2) is 38.2 Å². The van der Waals surface area contributed by atoms with Crippen LogP contribution in [0.4, 0.5) is 4.79 Å². The van der Waals surface area contributed by atoms with Crippen molar-refractivity contribution in [2.75, 3.05) is 20.3 Å². The minimum atomic E-state index is -0.738. The molecule has 27 heavy (non-hydrogen) atoms. The van der Waals surface area contributed by atoms with Crippen LogP contribution >= 0.6 is 0 Å². The van der Waals surface area contributed by atoms with E-state index >= 15 is 0 Å². The average molecular weight is 372 g/mol. The van der Waals surface area contributed by atoms with Crippen molar-refractivity contribution in [3.8, 4) is 11.5 Å². The Morgan fingerprint density at radius 3 is 2.22 bits per heavy atom. The zero-order valence-corrected chi connectivity index (χ0v) is 14.8. The maximum Gasteiger partial charge on any atom is 0.344 e. The Labute approximate surface area is 156 Å². The first-order valence-corrected chi connectivity index (χ1v) is 8.11. The predicted octanol–water partition coefficient (Wildman–Crippen LogP) is 1.64. The van der Waals surface area contributed by atoms with Crippen molar-refractivity contribution in [3.05, 3.63) is 60.2 Å². The van der Waals surface area contributed by atoms with E-state index in [1.54, 1.807) is 31.4 Å². The molecular weight excluding hydrogens is 352 g/mol. The Morgan fingerprint density at radius 2 is 1.56 bits per heavy atom. The first-order valence-electron chi connectivity index (χ1n) is 8.11. The number of ether oxygens (including phenoxy) is 3. The molecule has 0 fully saturated rings. The third-order valence-corrected chi connectivity index (χ3v) is 3.33. The van der Waals surface area contributed by atoms with Crippen molar-refractivity contribution in [1.82, 2.24) is 10.6 Å². The molecule has 0 aromatic heterocycles. The van der Waals surface area contributed by atoms with Crippen LogP contribution in [-0.2, 0) is 20.9 Å². The summed E-state index contributed by atoms with van der Waals surface area (Å²) >= 11 is 0. The highest BCUT2D eigenvalue weighted by molar-refractivity contribution is 5.95. The third kappa shape index (κ3) is 7.47. The lowest BCUT2D eigenvalue weighted by atomic mass is 10.2. The number of benzene rings is 2. The highest BCUT2D eigenvalue weighted by Gasteiger charge is 2.11. The van der Waals surface area contributed by atoms with Crippen molar-refractivity contribution < 1.29 is 28.6 Å². The second kappa shape index (κ2) is 10.4. The monoisotopic (exact) mass is 372 g/mol. The van der Waals surface area contributed by atoms with Gasteiger partial charge in [0.15, 0.2) is 13.2 Å². The Bertz CT molecular complexity index is 762. The minimum absolute atomic E-state index is 0.273.